The number of alkyl halides is 1. The van der Waals surface area contributed by atoms with Crippen molar-refractivity contribution in [3.8, 4) is 5.75 Å². The lowest BCUT2D eigenvalue weighted by molar-refractivity contribution is -0.149. The summed E-state index contributed by atoms with van der Waals surface area (Å²) in [5.41, 5.74) is -4.21. The fraction of sp³-hybridized carbons (Fsp3) is 0.500. The molecule has 12 nitrogen and oxygen atoms in total. The summed E-state index contributed by atoms with van der Waals surface area (Å²) in [6.07, 6.45) is -4.44. The van der Waals surface area contributed by atoms with Gasteiger partial charge < -0.3 is 19.1 Å². The van der Waals surface area contributed by atoms with E-state index in [9.17, 15) is 28.4 Å². The molecule has 6 atom stereocenters. The van der Waals surface area contributed by atoms with Crippen molar-refractivity contribution < 1.29 is 41.8 Å². The molecule has 204 valence electrons. The molecule has 1 aromatic heterocycles. The van der Waals surface area contributed by atoms with Crippen molar-refractivity contribution in [2.45, 2.75) is 63.9 Å². The number of ether oxygens (including phenoxy) is 2. The second-order valence-electron chi connectivity index (χ2n) is 8.82. The van der Waals surface area contributed by atoms with Gasteiger partial charge in [-0.15, -0.1) is 0 Å². The summed E-state index contributed by atoms with van der Waals surface area (Å²) in [4.78, 5) is 37.7. The molecular weight excluding hydrogens is 519 g/mol. The van der Waals surface area contributed by atoms with Crippen LogP contribution in [0.3, 0.4) is 0 Å². The normalized spacial score (nSPS) is 26.0. The number of nitrogens with one attached hydrogen (secondary N) is 2. The SMILES string of the molecule is CC(C)OC(=O)[C@H](C)NP(=O)(OC[C@H]1O[C@@H](n2ccc(=O)[nH]c2=O)C(C)(F)[C@@H]1O)Oc1ccc(F)cc1. The van der Waals surface area contributed by atoms with Crippen LogP contribution in [0.25, 0.3) is 0 Å². The molecule has 0 aliphatic carbocycles. The molecule has 15 heteroatoms. The van der Waals surface area contributed by atoms with Crippen LogP contribution in [0.1, 0.15) is 33.9 Å². The molecule has 2 unspecified atom stereocenters. The minimum absolute atomic E-state index is 0.0810. The highest BCUT2D eigenvalue weighted by Gasteiger charge is 2.55. The predicted molar refractivity (Wildman–Crippen MR) is 125 cm³/mol. The first-order valence-electron chi connectivity index (χ1n) is 11.2. The van der Waals surface area contributed by atoms with E-state index < -0.39 is 73.6 Å². The van der Waals surface area contributed by atoms with Crippen LogP contribution >= 0.6 is 7.75 Å². The van der Waals surface area contributed by atoms with Gasteiger partial charge in [0.1, 0.15) is 29.8 Å². The molecular formula is C22H28F2N3O9P. The summed E-state index contributed by atoms with van der Waals surface area (Å²) in [5.74, 6) is -1.44. The second-order valence-corrected chi connectivity index (χ2v) is 10.5. The number of H-pyrrole nitrogens is 1. The van der Waals surface area contributed by atoms with Crippen LogP contribution in [0.5, 0.6) is 5.75 Å². The Morgan fingerprint density at radius 1 is 1.27 bits per heavy atom. The monoisotopic (exact) mass is 547 g/mol. The van der Waals surface area contributed by atoms with E-state index in [0.29, 0.717) is 0 Å². The number of benzene rings is 1. The van der Waals surface area contributed by atoms with Gasteiger partial charge in [-0.2, -0.15) is 5.09 Å². The molecule has 1 aliphatic heterocycles. The molecule has 1 aromatic carbocycles. The number of carbonyl (C=O) groups is 1. The number of halogens is 2. The molecule has 1 aliphatic rings. The van der Waals surface area contributed by atoms with E-state index in [4.69, 9.17) is 18.5 Å². The maximum atomic E-state index is 15.4. The summed E-state index contributed by atoms with van der Waals surface area (Å²) in [7, 11) is -4.44. The Balaban J connectivity index is 1.81. The van der Waals surface area contributed by atoms with Crippen LogP contribution in [0.15, 0.2) is 46.1 Å². The van der Waals surface area contributed by atoms with Gasteiger partial charge in [0.25, 0.3) is 5.56 Å². The maximum Gasteiger partial charge on any atom is 0.459 e. The molecule has 3 rings (SSSR count). The van der Waals surface area contributed by atoms with Gasteiger partial charge in [0.15, 0.2) is 11.9 Å². The van der Waals surface area contributed by atoms with Gasteiger partial charge in [0, 0.05) is 12.3 Å². The molecule has 0 radical (unpaired) electrons. The Bertz CT molecular complexity index is 1270. The third-order valence-corrected chi connectivity index (χ3v) is 6.97. The van der Waals surface area contributed by atoms with Crippen LogP contribution in [-0.4, -0.2) is 57.3 Å². The summed E-state index contributed by atoms with van der Waals surface area (Å²) in [6.45, 7) is 4.84. The number of esters is 1. The average molecular weight is 547 g/mol. The van der Waals surface area contributed by atoms with E-state index >= 15 is 4.39 Å². The number of aliphatic hydroxyl groups excluding tert-OH is 1. The number of carbonyl (C=O) groups excluding carboxylic acids is 1. The van der Waals surface area contributed by atoms with Crippen molar-refractivity contribution in [2.75, 3.05) is 6.61 Å². The Morgan fingerprint density at radius 2 is 1.92 bits per heavy atom. The first-order valence-corrected chi connectivity index (χ1v) is 12.8. The maximum absolute atomic E-state index is 15.4. The zero-order chi connectivity index (χ0) is 27.5. The van der Waals surface area contributed by atoms with Crippen molar-refractivity contribution in [2.24, 2.45) is 0 Å². The van der Waals surface area contributed by atoms with E-state index in [-0.39, 0.29) is 5.75 Å². The second kappa shape index (κ2) is 11.2. The number of hydrogen-bond donors (Lipinski definition) is 3. The molecule has 1 fully saturated rings. The van der Waals surface area contributed by atoms with Crippen LogP contribution < -0.4 is 20.9 Å². The van der Waals surface area contributed by atoms with E-state index in [2.05, 4.69) is 5.09 Å². The molecule has 0 bridgehead atoms. The molecule has 0 amide bonds. The van der Waals surface area contributed by atoms with Crippen molar-refractivity contribution in [1.82, 2.24) is 14.6 Å². The third kappa shape index (κ3) is 6.90. The molecule has 1 saturated heterocycles. The highest BCUT2D eigenvalue weighted by atomic mass is 31.2. The standard InChI is InChI=1S/C22H28F2N3O9P/c1-12(2)34-19(30)13(3)26-37(32,36-15-7-5-14(23)6-8-15)33-11-16-18(29)22(4,24)20(35-16)27-10-9-17(28)25-21(27)31/h5-10,12-13,16,18,20,29H,11H2,1-4H3,(H,26,32)(H,25,28,31)/t13-,16+,18+,20+,22?,37?/m0/s1. The van der Waals surface area contributed by atoms with Crippen LogP contribution in [0, 0.1) is 5.82 Å². The van der Waals surface area contributed by atoms with E-state index in [0.717, 1.165) is 35.9 Å². The number of nitrogens with zero attached hydrogens (tertiary/aromatic N) is 1. The molecule has 2 aromatic rings. The van der Waals surface area contributed by atoms with Gasteiger partial charge in [-0.05, 0) is 52.0 Å². The Morgan fingerprint density at radius 3 is 2.51 bits per heavy atom. The fourth-order valence-electron chi connectivity index (χ4n) is 3.48. The summed E-state index contributed by atoms with van der Waals surface area (Å²) >= 11 is 0. The lowest BCUT2D eigenvalue weighted by atomic mass is 9.98. The molecule has 37 heavy (non-hydrogen) atoms. The van der Waals surface area contributed by atoms with E-state index in [1.807, 2.05) is 4.98 Å². The Labute approximate surface area is 210 Å². The van der Waals surface area contributed by atoms with Gasteiger partial charge in [-0.25, -0.2) is 18.1 Å². The van der Waals surface area contributed by atoms with Gasteiger partial charge >= 0.3 is 19.4 Å². The smallest absolute Gasteiger partial charge is 0.459 e. The summed E-state index contributed by atoms with van der Waals surface area (Å²) in [6, 6.07) is 4.21. The van der Waals surface area contributed by atoms with Crippen molar-refractivity contribution in [3.05, 3.63) is 63.2 Å². The number of aliphatic hydroxyl groups is 1. The van der Waals surface area contributed by atoms with Crippen LogP contribution in [0.4, 0.5) is 8.78 Å². The highest BCUT2D eigenvalue weighted by molar-refractivity contribution is 7.52. The fourth-order valence-corrected chi connectivity index (χ4v) is 4.98. The lowest BCUT2D eigenvalue weighted by Gasteiger charge is -2.25. The summed E-state index contributed by atoms with van der Waals surface area (Å²) < 4.78 is 64.4. The minimum Gasteiger partial charge on any atom is -0.462 e. The van der Waals surface area contributed by atoms with E-state index in [1.165, 1.54) is 19.1 Å². The van der Waals surface area contributed by atoms with Gasteiger partial charge in [0.05, 0.1) is 12.7 Å². The number of aromatic nitrogens is 2. The largest absolute Gasteiger partial charge is 0.462 e. The quantitative estimate of drug-likeness (QED) is 0.296. The van der Waals surface area contributed by atoms with Crippen molar-refractivity contribution in [3.63, 3.8) is 0 Å². The average Bonchev–Trinajstić information content (AvgIpc) is 3.02. The van der Waals surface area contributed by atoms with Crippen molar-refractivity contribution in [1.29, 1.82) is 0 Å². The number of aromatic amines is 1. The van der Waals surface area contributed by atoms with E-state index in [1.54, 1.807) is 13.8 Å². The van der Waals surface area contributed by atoms with Gasteiger partial charge in [-0.3, -0.25) is 23.7 Å². The number of rotatable bonds is 10. The highest BCUT2D eigenvalue weighted by Crippen LogP contribution is 2.47. The zero-order valence-corrected chi connectivity index (χ0v) is 21.3. The van der Waals surface area contributed by atoms with Crippen LogP contribution in [-0.2, 0) is 23.4 Å². The lowest BCUT2D eigenvalue weighted by Crippen LogP contribution is -2.43. The van der Waals surface area contributed by atoms with Gasteiger partial charge in [-0.1, -0.05) is 0 Å². The molecule has 2 heterocycles. The molecule has 3 N–H and O–H groups in total. The third-order valence-electron chi connectivity index (χ3n) is 5.33. The molecule has 0 saturated carbocycles. The summed E-state index contributed by atoms with van der Waals surface area (Å²) in [5, 5.41) is 12.9. The Kier molecular flexibility index (Phi) is 8.70. The first-order chi connectivity index (χ1) is 17.2. The Hall–Kier alpha value is -2.90. The topological polar surface area (TPSA) is 158 Å². The minimum atomic E-state index is -4.44. The molecule has 0 spiro atoms. The van der Waals surface area contributed by atoms with Crippen LogP contribution in [0.2, 0.25) is 0 Å². The van der Waals surface area contributed by atoms with Crippen molar-refractivity contribution >= 4 is 13.7 Å². The zero-order valence-electron chi connectivity index (χ0n) is 20.4. The first kappa shape index (κ1) is 28.7. The van der Waals surface area contributed by atoms with Gasteiger partial charge in [0.2, 0.25) is 0 Å². The number of hydrogen-bond acceptors (Lipinski definition) is 9. The predicted octanol–water partition coefficient (Wildman–Crippen LogP) is 1.80.